The maximum absolute atomic E-state index is 12.7. The van der Waals surface area contributed by atoms with Crippen molar-refractivity contribution in [2.75, 3.05) is 25.5 Å². The molecule has 0 spiro atoms. The van der Waals surface area contributed by atoms with Crippen LogP contribution >= 0.6 is 0 Å². The van der Waals surface area contributed by atoms with E-state index in [1.807, 2.05) is 29.2 Å². The summed E-state index contributed by atoms with van der Waals surface area (Å²) in [6.45, 7) is 3.50. The number of ether oxygens (including phenoxy) is 1. The Morgan fingerprint density at radius 1 is 1.04 bits per heavy atom. The Hall–Kier alpha value is -2.82. The molecule has 1 saturated heterocycles. The number of ketones is 1. The highest BCUT2D eigenvalue weighted by molar-refractivity contribution is 5.96. The molecule has 1 unspecified atom stereocenters. The Morgan fingerprint density at radius 2 is 1.71 bits per heavy atom. The average Bonchev–Trinajstić information content (AvgIpc) is 2.74. The minimum Gasteiger partial charge on any atom is -0.497 e. The summed E-state index contributed by atoms with van der Waals surface area (Å²) in [4.78, 5) is 26.9. The predicted molar refractivity (Wildman–Crippen MR) is 111 cm³/mol. The second kappa shape index (κ2) is 9.40. The van der Waals surface area contributed by atoms with Gasteiger partial charge in [0.15, 0.2) is 5.78 Å². The zero-order valence-electron chi connectivity index (χ0n) is 16.6. The van der Waals surface area contributed by atoms with Crippen molar-refractivity contribution < 1.29 is 14.3 Å². The molecule has 0 saturated carbocycles. The van der Waals surface area contributed by atoms with Gasteiger partial charge in [0.25, 0.3) is 5.91 Å². The van der Waals surface area contributed by atoms with Gasteiger partial charge in [0.2, 0.25) is 0 Å². The highest BCUT2D eigenvalue weighted by Gasteiger charge is 2.23. The summed E-state index contributed by atoms with van der Waals surface area (Å²) in [5.41, 5.74) is 2.30. The average molecular weight is 380 g/mol. The van der Waals surface area contributed by atoms with Gasteiger partial charge in [-0.3, -0.25) is 9.59 Å². The number of benzene rings is 2. The van der Waals surface area contributed by atoms with E-state index in [1.54, 1.807) is 31.4 Å². The number of Topliss-reactive ketones (excluding diaryl/α,β-unsaturated/α-hetero) is 1. The van der Waals surface area contributed by atoms with Gasteiger partial charge in [-0.2, -0.15) is 0 Å². The van der Waals surface area contributed by atoms with Crippen molar-refractivity contribution in [3.63, 3.8) is 0 Å². The number of nitrogens with one attached hydrogen (secondary N) is 1. The number of methoxy groups -OCH3 is 1. The summed E-state index contributed by atoms with van der Waals surface area (Å²) >= 11 is 0. The molecule has 1 atom stereocenters. The van der Waals surface area contributed by atoms with Gasteiger partial charge in [-0.25, -0.2) is 0 Å². The van der Waals surface area contributed by atoms with Crippen LogP contribution in [-0.4, -0.2) is 42.8 Å². The first-order chi connectivity index (χ1) is 13.6. The number of anilines is 1. The van der Waals surface area contributed by atoms with E-state index in [9.17, 15) is 9.59 Å². The van der Waals surface area contributed by atoms with E-state index in [2.05, 4.69) is 12.2 Å². The molecular weight excluding hydrogens is 352 g/mol. The van der Waals surface area contributed by atoms with Gasteiger partial charge in [0, 0.05) is 42.4 Å². The van der Waals surface area contributed by atoms with Crippen molar-refractivity contribution >= 4 is 17.4 Å². The van der Waals surface area contributed by atoms with E-state index in [0.717, 1.165) is 30.8 Å². The largest absolute Gasteiger partial charge is 0.497 e. The second-order valence-electron chi connectivity index (χ2n) is 7.25. The Bertz CT molecular complexity index is 800. The quantitative estimate of drug-likeness (QED) is 0.724. The normalized spacial score (nSPS) is 16.5. The monoisotopic (exact) mass is 380 g/mol. The molecule has 1 aliphatic rings. The van der Waals surface area contributed by atoms with Crippen molar-refractivity contribution in [2.45, 2.75) is 38.6 Å². The molecular formula is C23H28N2O3. The Labute approximate surface area is 166 Å². The Morgan fingerprint density at radius 3 is 2.36 bits per heavy atom. The van der Waals surface area contributed by atoms with Crippen molar-refractivity contribution in [1.82, 2.24) is 4.90 Å². The van der Waals surface area contributed by atoms with Crippen molar-refractivity contribution in [3.8, 4) is 5.75 Å². The molecule has 1 N–H and O–H groups in total. The molecule has 1 amide bonds. The molecule has 5 nitrogen and oxygen atoms in total. The zero-order chi connectivity index (χ0) is 19.9. The first-order valence-electron chi connectivity index (χ1n) is 9.90. The molecule has 1 aliphatic heterocycles. The fraction of sp³-hybridized carbons (Fsp3) is 0.391. The fourth-order valence-corrected chi connectivity index (χ4v) is 3.54. The van der Waals surface area contributed by atoms with Gasteiger partial charge in [-0.05, 0) is 74.7 Å². The molecule has 5 heteroatoms. The van der Waals surface area contributed by atoms with Gasteiger partial charge in [-0.15, -0.1) is 0 Å². The van der Waals surface area contributed by atoms with Gasteiger partial charge in [0.1, 0.15) is 5.75 Å². The number of rotatable bonds is 7. The van der Waals surface area contributed by atoms with Crippen molar-refractivity contribution in [1.29, 1.82) is 0 Å². The van der Waals surface area contributed by atoms with Crippen LogP contribution in [0.2, 0.25) is 0 Å². The number of hydrogen-bond acceptors (Lipinski definition) is 4. The van der Waals surface area contributed by atoms with Crippen LogP contribution in [0.4, 0.5) is 5.69 Å². The summed E-state index contributed by atoms with van der Waals surface area (Å²) in [5, 5.41) is 3.25. The number of likely N-dealkylation sites (tertiary alicyclic amines) is 1. The topological polar surface area (TPSA) is 58.6 Å². The SMILES string of the molecule is COc1ccc(C(=O)CCNc2ccc(C(=O)N3CCCCC3C)cc2)cc1. The Balaban J connectivity index is 1.50. The van der Waals surface area contributed by atoms with Crippen LogP contribution < -0.4 is 10.1 Å². The molecule has 3 rings (SSSR count). The molecule has 2 aromatic rings. The molecule has 0 bridgehead atoms. The molecule has 1 fully saturated rings. The van der Waals surface area contributed by atoms with E-state index in [-0.39, 0.29) is 11.7 Å². The molecule has 1 heterocycles. The van der Waals surface area contributed by atoms with Crippen LogP contribution in [0, 0.1) is 0 Å². The maximum atomic E-state index is 12.7. The van der Waals surface area contributed by atoms with Crippen LogP contribution in [0.15, 0.2) is 48.5 Å². The first kappa shape index (κ1) is 19.9. The third-order valence-corrected chi connectivity index (χ3v) is 5.29. The summed E-state index contributed by atoms with van der Waals surface area (Å²) in [7, 11) is 1.60. The number of piperidine rings is 1. The molecule has 0 aliphatic carbocycles. The molecule has 0 aromatic heterocycles. The minimum atomic E-state index is 0.0843. The second-order valence-corrected chi connectivity index (χ2v) is 7.25. The summed E-state index contributed by atoms with van der Waals surface area (Å²) in [6.07, 6.45) is 3.76. The van der Waals surface area contributed by atoms with Gasteiger partial charge >= 0.3 is 0 Å². The lowest BCUT2D eigenvalue weighted by Gasteiger charge is -2.33. The predicted octanol–water partition coefficient (Wildman–Crippen LogP) is 4.39. The minimum absolute atomic E-state index is 0.0843. The first-order valence-corrected chi connectivity index (χ1v) is 9.90. The highest BCUT2D eigenvalue weighted by atomic mass is 16.5. The smallest absolute Gasteiger partial charge is 0.254 e. The van der Waals surface area contributed by atoms with E-state index in [1.165, 1.54) is 6.42 Å². The standard InChI is InChI=1S/C23H28N2O3/c1-17-5-3-4-16-25(17)23(27)19-6-10-20(11-7-19)24-15-14-22(26)18-8-12-21(28-2)13-9-18/h6-13,17,24H,3-5,14-16H2,1-2H3. The van der Waals surface area contributed by atoms with E-state index in [4.69, 9.17) is 4.74 Å². The van der Waals surface area contributed by atoms with Crippen molar-refractivity contribution in [2.24, 2.45) is 0 Å². The summed E-state index contributed by atoms with van der Waals surface area (Å²) in [5.74, 6) is 0.928. The van der Waals surface area contributed by atoms with E-state index in [0.29, 0.717) is 30.1 Å². The van der Waals surface area contributed by atoms with Crippen LogP contribution in [0.1, 0.15) is 53.3 Å². The number of carbonyl (C=O) groups excluding carboxylic acids is 2. The third-order valence-electron chi connectivity index (χ3n) is 5.29. The number of carbonyl (C=O) groups is 2. The van der Waals surface area contributed by atoms with Crippen LogP contribution in [0.25, 0.3) is 0 Å². The summed E-state index contributed by atoms with van der Waals surface area (Å²) < 4.78 is 5.11. The molecule has 2 aromatic carbocycles. The van der Waals surface area contributed by atoms with E-state index >= 15 is 0 Å². The lowest BCUT2D eigenvalue weighted by molar-refractivity contribution is 0.0635. The van der Waals surface area contributed by atoms with E-state index < -0.39 is 0 Å². The van der Waals surface area contributed by atoms with Crippen molar-refractivity contribution in [3.05, 3.63) is 59.7 Å². The highest BCUT2D eigenvalue weighted by Crippen LogP contribution is 2.20. The van der Waals surface area contributed by atoms with Crippen LogP contribution in [-0.2, 0) is 0 Å². The van der Waals surface area contributed by atoms with Gasteiger partial charge < -0.3 is 15.0 Å². The number of nitrogens with zero attached hydrogens (tertiary/aromatic N) is 1. The lowest BCUT2D eigenvalue weighted by atomic mass is 10.0. The fourth-order valence-electron chi connectivity index (χ4n) is 3.54. The maximum Gasteiger partial charge on any atom is 0.254 e. The molecule has 0 radical (unpaired) electrons. The van der Waals surface area contributed by atoms with Crippen LogP contribution in [0.5, 0.6) is 5.75 Å². The Kier molecular flexibility index (Phi) is 6.69. The van der Waals surface area contributed by atoms with Crippen LogP contribution in [0.3, 0.4) is 0 Å². The number of amides is 1. The zero-order valence-corrected chi connectivity index (χ0v) is 16.6. The van der Waals surface area contributed by atoms with Gasteiger partial charge in [0.05, 0.1) is 7.11 Å². The lowest BCUT2D eigenvalue weighted by Crippen LogP contribution is -2.41. The molecule has 148 valence electrons. The molecule has 28 heavy (non-hydrogen) atoms. The third kappa shape index (κ3) is 4.91. The van der Waals surface area contributed by atoms with Gasteiger partial charge in [-0.1, -0.05) is 0 Å². The number of hydrogen-bond donors (Lipinski definition) is 1. The summed E-state index contributed by atoms with van der Waals surface area (Å²) in [6, 6.07) is 15.0.